The molecule has 1 aromatic carbocycles. The Morgan fingerprint density at radius 3 is 2.47 bits per heavy atom. The first kappa shape index (κ1) is 12.6. The van der Waals surface area contributed by atoms with Crippen LogP contribution in [0.1, 0.15) is 55.8 Å². The van der Waals surface area contributed by atoms with Crippen LogP contribution in [-0.2, 0) is 0 Å². The van der Waals surface area contributed by atoms with E-state index in [9.17, 15) is 0 Å². The van der Waals surface area contributed by atoms with E-state index in [2.05, 4.69) is 51.2 Å². The lowest BCUT2D eigenvalue weighted by atomic mass is 10.00. The molecule has 1 saturated carbocycles. The Morgan fingerprint density at radius 2 is 1.94 bits per heavy atom. The summed E-state index contributed by atoms with van der Waals surface area (Å²) in [6.45, 7) is 10.1. The molecule has 1 N–H and O–H groups in total. The molecule has 94 valence electrons. The van der Waals surface area contributed by atoms with E-state index in [1.807, 2.05) is 0 Å². The van der Waals surface area contributed by atoms with Crippen LogP contribution in [0.4, 0.5) is 0 Å². The molecule has 1 aliphatic carbocycles. The highest BCUT2D eigenvalue weighted by atomic mass is 14.9. The van der Waals surface area contributed by atoms with Crippen LogP contribution in [-0.4, -0.2) is 6.54 Å². The Labute approximate surface area is 106 Å². The number of hydrogen-bond acceptors (Lipinski definition) is 1. The van der Waals surface area contributed by atoms with Crippen molar-refractivity contribution in [3.8, 4) is 0 Å². The predicted octanol–water partition coefficient (Wildman–Crippen LogP) is 4.14. The minimum atomic E-state index is 0.471. The zero-order valence-corrected chi connectivity index (χ0v) is 11.6. The van der Waals surface area contributed by atoms with Crippen molar-refractivity contribution < 1.29 is 0 Å². The summed E-state index contributed by atoms with van der Waals surface area (Å²) < 4.78 is 0. The molecule has 0 bridgehead atoms. The van der Waals surface area contributed by atoms with Gasteiger partial charge in [-0.3, -0.25) is 0 Å². The summed E-state index contributed by atoms with van der Waals surface area (Å²) in [6, 6.07) is 7.28. The van der Waals surface area contributed by atoms with Crippen molar-refractivity contribution in [2.24, 2.45) is 5.41 Å². The fraction of sp³-hybridized carbons (Fsp3) is 0.625. The highest BCUT2D eigenvalue weighted by Crippen LogP contribution is 2.48. The van der Waals surface area contributed by atoms with E-state index in [1.165, 1.54) is 42.5 Å². The maximum atomic E-state index is 3.70. The van der Waals surface area contributed by atoms with Crippen LogP contribution >= 0.6 is 0 Å². The minimum absolute atomic E-state index is 0.471. The third-order valence-electron chi connectivity index (χ3n) is 4.52. The van der Waals surface area contributed by atoms with Crippen LogP contribution in [0.15, 0.2) is 18.2 Å². The summed E-state index contributed by atoms with van der Waals surface area (Å²) in [5.41, 5.74) is 4.83. The van der Waals surface area contributed by atoms with E-state index in [-0.39, 0.29) is 0 Å². The number of benzene rings is 1. The molecule has 1 aromatic rings. The van der Waals surface area contributed by atoms with Gasteiger partial charge in [-0.25, -0.2) is 0 Å². The Bertz CT molecular complexity index is 391. The lowest BCUT2D eigenvalue weighted by molar-refractivity contribution is 0.415. The van der Waals surface area contributed by atoms with Gasteiger partial charge in [-0.15, -0.1) is 0 Å². The zero-order chi connectivity index (χ0) is 12.5. The summed E-state index contributed by atoms with van der Waals surface area (Å²) >= 11 is 0. The van der Waals surface area contributed by atoms with E-state index in [0.29, 0.717) is 11.5 Å². The van der Waals surface area contributed by atoms with Crippen LogP contribution in [0.25, 0.3) is 0 Å². The summed E-state index contributed by atoms with van der Waals surface area (Å²) in [5, 5.41) is 3.70. The first-order chi connectivity index (χ1) is 8.06. The number of hydrogen-bond donors (Lipinski definition) is 1. The molecule has 0 heterocycles. The summed E-state index contributed by atoms with van der Waals surface area (Å²) in [6.07, 6.45) is 4.14. The van der Waals surface area contributed by atoms with Gasteiger partial charge in [-0.05, 0) is 62.1 Å². The lowest BCUT2D eigenvalue weighted by Crippen LogP contribution is -2.26. The van der Waals surface area contributed by atoms with E-state index in [4.69, 9.17) is 0 Å². The van der Waals surface area contributed by atoms with Gasteiger partial charge >= 0.3 is 0 Å². The van der Waals surface area contributed by atoms with Crippen LogP contribution in [0, 0.1) is 19.3 Å². The number of nitrogens with one attached hydrogen (secondary N) is 1. The molecule has 0 aromatic heterocycles. The van der Waals surface area contributed by atoms with Crippen molar-refractivity contribution in [2.75, 3.05) is 6.54 Å². The van der Waals surface area contributed by atoms with E-state index in [1.54, 1.807) is 0 Å². The van der Waals surface area contributed by atoms with Gasteiger partial charge < -0.3 is 5.32 Å². The molecule has 1 heteroatoms. The van der Waals surface area contributed by atoms with Crippen LogP contribution in [0.2, 0.25) is 0 Å². The third-order valence-corrected chi connectivity index (χ3v) is 4.52. The van der Waals surface area contributed by atoms with Gasteiger partial charge in [0.05, 0.1) is 0 Å². The quantitative estimate of drug-likeness (QED) is 0.803. The van der Waals surface area contributed by atoms with Gasteiger partial charge in [0.2, 0.25) is 0 Å². The van der Waals surface area contributed by atoms with Crippen molar-refractivity contribution in [3.05, 3.63) is 34.9 Å². The maximum absolute atomic E-state index is 3.70. The van der Waals surface area contributed by atoms with Crippen molar-refractivity contribution in [1.82, 2.24) is 5.32 Å². The number of rotatable bonds is 5. The van der Waals surface area contributed by atoms with Gasteiger partial charge in [0.15, 0.2) is 0 Å². The Morgan fingerprint density at radius 1 is 1.24 bits per heavy atom. The molecule has 0 spiro atoms. The van der Waals surface area contributed by atoms with Gasteiger partial charge in [-0.1, -0.05) is 25.1 Å². The molecule has 2 rings (SSSR count). The van der Waals surface area contributed by atoms with Crippen molar-refractivity contribution >= 4 is 0 Å². The van der Waals surface area contributed by atoms with Crippen LogP contribution in [0.5, 0.6) is 0 Å². The SMILES string of the molecule is CCC1(CNC(C)c2ccc(C)c(C)c2)CC1. The van der Waals surface area contributed by atoms with Crippen molar-refractivity contribution in [3.63, 3.8) is 0 Å². The van der Waals surface area contributed by atoms with Gasteiger partial charge in [0.1, 0.15) is 0 Å². The monoisotopic (exact) mass is 231 g/mol. The molecule has 1 nitrogen and oxygen atoms in total. The van der Waals surface area contributed by atoms with Crippen molar-refractivity contribution in [1.29, 1.82) is 0 Å². The largest absolute Gasteiger partial charge is 0.310 e. The second-order valence-corrected chi connectivity index (χ2v) is 5.80. The molecule has 1 atom stereocenters. The molecular weight excluding hydrogens is 206 g/mol. The van der Waals surface area contributed by atoms with E-state index < -0.39 is 0 Å². The molecule has 0 saturated heterocycles. The molecule has 1 fully saturated rings. The lowest BCUT2D eigenvalue weighted by Gasteiger charge is -2.20. The van der Waals surface area contributed by atoms with Gasteiger partial charge in [0.25, 0.3) is 0 Å². The molecular formula is C16H25N. The summed E-state index contributed by atoms with van der Waals surface area (Å²) in [5.74, 6) is 0. The highest BCUT2D eigenvalue weighted by molar-refractivity contribution is 5.31. The molecule has 0 amide bonds. The van der Waals surface area contributed by atoms with Crippen molar-refractivity contribution in [2.45, 2.75) is 53.0 Å². The standard InChI is InChI=1S/C16H25N/c1-5-16(8-9-16)11-17-14(4)15-7-6-12(2)13(3)10-15/h6-7,10,14,17H,5,8-9,11H2,1-4H3. The Hall–Kier alpha value is -0.820. The topological polar surface area (TPSA) is 12.0 Å². The fourth-order valence-corrected chi connectivity index (χ4v) is 2.35. The fourth-order valence-electron chi connectivity index (χ4n) is 2.35. The number of aryl methyl sites for hydroxylation is 2. The predicted molar refractivity (Wildman–Crippen MR) is 74.3 cm³/mol. The highest BCUT2D eigenvalue weighted by Gasteiger charge is 2.40. The molecule has 0 aliphatic heterocycles. The first-order valence-corrected chi connectivity index (χ1v) is 6.87. The average Bonchev–Trinajstić information content (AvgIpc) is 3.10. The second-order valence-electron chi connectivity index (χ2n) is 5.80. The average molecular weight is 231 g/mol. The zero-order valence-electron chi connectivity index (χ0n) is 11.6. The molecule has 1 unspecified atom stereocenters. The first-order valence-electron chi connectivity index (χ1n) is 6.87. The second kappa shape index (κ2) is 4.81. The van der Waals surface area contributed by atoms with E-state index in [0.717, 1.165) is 0 Å². The smallest absolute Gasteiger partial charge is 0.0292 e. The Balaban J connectivity index is 1.95. The minimum Gasteiger partial charge on any atom is -0.310 e. The van der Waals surface area contributed by atoms with Crippen LogP contribution < -0.4 is 5.32 Å². The maximum Gasteiger partial charge on any atom is 0.0292 e. The molecule has 17 heavy (non-hydrogen) atoms. The van der Waals surface area contributed by atoms with Crippen LogP contribution in [0.3, 0.4) is 0 Å². The normalized spacial score (nSPS) is 19.1. The summed E-state index contributed by atoms with van der Waals surface area (Å²) in [7, 11) is 0. The summed E-state index contributed by atoms with van der Waals surface area (Å²) in [4.78, 5) is 0. The third kappa shape index (κ3) is 2.90. The van der Waals surface area contributed by atoms with Gasteiger partial charge in [-0.2, -0.15) is 0 Å². The Kier molecular flexibility index (Phi) is 3.58. The van der Waals surface area contributed by atoms with E-state index >= 15 is 0 Å². The molecule has 0 radical (unpaired) electrons. The molecule has 1 aliphatic rings. The van der Waals surface area contributed by atoms with Gasteiger partial charge in [0, 0.05) is 12.6 Å².